The molecule has 0 saturated heterocycles. The first-order chi connectivity index (χ1) is 8.41. The molecular formula is C16H30O. The first-order valence-electron chi connectivity index (χ1n) is 7.37. The summed E-state index contributed by atoms with van der Waals surface area (Å²) in [6.07, 6.45) is 21.8. The van der Waals surface area contributed by atoms with E-state index in [0.717, 1.165) is 12.7 Å². The van der Waals surface area contributed by atoms with Crippen LogP contribution in [0.5, 0.6) is 0 Å². The Labute approximate surface area is 108 Å². The lowest BCUT2D eigenvalue weighted by Crippen LogP contribution is -1.81. The van der Waals surface area contributed by atoms with Crippen molar-refractivity contribution >= 4 is 0 Å². The molecule has 1 nitrogen and oxygen atoms in total. The molecule has 0 radical (unpaired) electrons. The number of unbranched alkanes of at least 4 members (excludes halogenated alkanes) is 10. The zero-order chi connectivity index (χ0) is 12.6. The zero-order valence-electron chi connectivity index (χ0n) is 11.5. The van der Waals surface area contributed by atoms with Gasteiger partial charge in [0.05, 0.1) is 6.26 Å². The van der Waals surface area contributed by atoms with E-state index in [1.165, 1.54) is 64.2 Å². The summed E-state index contributed by atoms with van der Waals surface area (Å²) in [4.78, 5) is 0. The van der Waals surface area contributed by atoms with Crippen LogP contribution >= 0.6 is 0 Å². The number of hydrogen-bond donors (Lipinski definition) is 1. The van der Waals surface area contributed by atoms with Gasteiger partial charge >= 0.3 is 0 Å². The highest BCUT2D eigenvalue weighted by molar-refractivity contribution is 4.98. The summed E-state index contributed by atoms with van der Waals surface area (Å²) in [5, 5.41) is 8.41. The van der Waals surface area contributed by atoms with Crippen LogP contribution in [-0.2, 0) is 0 Å². The summed E-state index contributed by atoms with van der Waals surface area (Å²) >= 11 is 0. The van der Waals surface area contributed by atoms with Gasteiger partial charge in [-0.05, 0) is 18.9 Å². The van der Waals surface area contributed by atoms with Crippen LogP contribution in [0.15, 0.2) is 24.5 Å². The van der Waals surface area contributed by atoms with Crippen LogP contribution in [0, 0.1) is 0 Å². The van der Waals surface area contributed by atoms with Gasteiger partial charge in [-0.2, -0.15) is 0 Å². The maximum Gasteiger partial charge on any atom is 0.0791 e. The lowest BCUT2D eigenvalue weighted by atomic mass is 10.1. The Kier molecular flexibility index (Phi) is 14.6. The van der Waals surface area contributed by atoms with E-state index in [9.17, 15) is 0 Å². The van der Waals surface area contributed by atoms with Crippen LogP contribution in [0.1, 0.15) is 77.6 Å². The van der Waals surface area contributed by atoms with E-state index in [4.69, 9.17) is 5.11 Å². The van der Waals surface area contributed by atoms with Gasteiger partial charge in [-0.15, -0.1) is 0 Å². The second-order valence-corrected chi connectivity index (χ2v) is 4.74. The van der Waals surface area contributed by atoms with Crippen molar-refractivity contribution in [2.45, 2.75) is 77.6 Å². The molecule has 0 unspecified atom stereocenters. The molecule has 1 heteroatoms. The minimum absolute atomic E-state index is 1.08. The molecule has 1 N–H and O–H groups in total. The molecule has 0 aromatic heterocycles. The van der Waals surface area contributed by atoms with Crippen LogP contribution in [0.2, 0.25) is 0 Å². The largest absolute Gasteiger partial charge is 0.516 e. The molecule has 0 aliphatic rings. The Morgan fingerprint density at radius 1 is 0.706 bits per heavy atom. The van der Waals surface area contributed by atoms with Crippen LogP contribution in [0.3, 0.4) is 0 Å². The van der Waals surface area contributed by atoms with E-state index in [1.807, 2.05) is 6.08 Å². The van der Waals surface area contributed by atoms with Gasteiger partial charge < -0.3 is 5.11 Å². The van der Waals surface area contributed by atoms with E-state index >= 15 is 0 Å². The van der Waals surface area contributed by atoms with Gasteiger partial charge in [0.25, 0.3) is 0 Å². The van der Waals surface area contributed by atoms with Gasteiger partial charge in [0.1, 0.15) is 0 Å². The monoisotopic (exact) mass is 238 g/mol. The first kappa shape index (κ1) is 16.3. The predicted octanol–water partition coefficient (Wildman–Crippen LogP) is 5.93. The maximum atomic E-state index is 8.41. The molecule has 0 aromatic rings. The van der Waals surface area contributed by atoms with Crippen molar-refractivity contribution < 1.29 is 5.11 Å². The van der Waals surface area contributed by atoms with Crippen molar-refractivity contribution in [1.82, 2.24) is 0 Å². The zero-order valence-corrected chi connectivity index (χ0v) is 11.5. The highest BCUT2D eigenvalue weighted by Gasteiger charge is 1.91. The molecule has 0 spiro atoms. The lowest BCUT2D eigenvalue weighted by Gasteiger charge is -2.01. The van der Waals surface area contributed by atoms with Crippen molar-refractivity contribution in [1.29, 1.82) is 0 Å². The van der Waals surface area contributed by atoms with Gasteiger partial charge in [-0.25, -0.2) is 0 Å². The van der Waals surface area contributed by atoms with Gasteiger partial charge in [-0.3, -0.25) is 0 Å². The second-order valence-electron chi connectivity index (χ2n) is 4.74. The van der Waals surface area contributed by atoms with E-state index in [1.54, 1.807) is 6.08 Å². The van der Waals surface area contributed by atoms with Crippen LogP contribution in [-0.4, -0.2) is 5.11 Å². The quantitative estimate of drug-likeness (QED) is 0.254. The Morgan fingerprint density at radius 3 is 1.76 bits per heavy atom. The van der Waals surface area contributed by atoms with E-state index in [2.05, 4.69) is 13.0 Å². The fourth-order valence-corrected chi connectivity index (χ4v) is 1.97. The molecule has 0 saturated carbocycles. The summed E-state index contributed by atoms with van der Waals surface area (Å²) in [5.41, 5.74) is 0. The molecule has 0 atom stereocenters. The molecule has 17 heavy (non-hydrogen) atoms. The minimum atomic E-state index is 1.08. The molecule has 0 aliphatic heterocycles. The van der Waals surface area contributed by atoms with Gasteiger partial charge in [0.2, 0.25) is 0 Å². The molecule has 100 valence electrons. The van der Waals surface area contributed by atoms with Gasteiger partial charge in [-0.1, -0.05) is 76.9 Å². The Bertz CT molecular complexity index is 182. The molecular weight excluding hydrogens is 208 g/mol. The molecule has 0 rings (SSSR count). The van der Waals surface area contributed by atoms with Gasteiger partial charge in [0.15, 0.2) is 0 Å². The topological polar surface area (TPSA) is 20.2 Å². The first-order valence-corrected chi connectivity index (χ1v) is 7.37. The third-order valence-electron chi connectivity index (χ3n) is 3.06. The summed E-state index contributed by atoms with van der Waals surface area (Å²) in [7, 11) is 0. The number of allylic oxidation sites excluding steroid dienone is 3. The Hall–Kier alpha value is -0.720. The third kappa shape index (κ3) is 15.3. The normalized spacial score (nSPS) is 11.8. The van der Waals surface area contributed by atoms with E-state index in [-0.39, 0.29) is 0 Å². The van der Waals surface area contributed by atoms with Crippen molar-refractivity contribution in [3.05, 3.63) is 24.5 Å². The number of aliphatic hydroxyl groups is 1. The molecule has 0 amide bonds. The average molecular weight is 238 g/mol. The van der Waals surface area contributed by atoms with Crippen molar-refractivity contribution in [3.8, 4) is 0 Å². The Morgan fingerprint density at radius 2 is 1.24 bits per heavy atom. The fourth-order valence-electron chi connectivity index (χ4n) is 1.97. The summed E-state index contributed by atoms with van der Waals surface area (Å²) in [6.45, 7) is 2.27. The lowest BCUT2D eigenvalue weighted by molar-refractivity contribution is 0.473. The smallest absolute Gasteiger partial charge is 0.0791 e. The van der Waals surface area contributed by atoms with Crippen molar-refractivity contribution in [2.24, 2.45) is 0 Å². The number of hydrogen-bond acceptors (Lipinski definition) is 1. The van der Waals surface area contributed by atoms with Crippen LogP contribution in [0.4, 0.5) is 0 Å². The van der Waals surface area contributed by atoms with E-state index in [0.29, 0.717) is 0 Å². The number of rotatable bonds is 12. The molecule has 0 aliphatic carbocycles. The average Bonchev–Trinajstić information content (AvgIpc) is 2.35. The minimum Gasteiger partial charge on any atom is -0.516 e. The molecule has 0 heterocycles. The SMILES string of the molecule is CCCCCCCCCCCC/C=C/C=C/O. The van der Waals surface area contributed by atoms with E-state index < -0.39 is 0 Å². The Balaban J connectivity index is 2.98. The van der Waals surface area contributed by atoms with Gasteiger partial charge in [0, 0.05) is 0 Å². The standard InChI is InChI=1S/C16H30O/c1-2-3-4-5-6-7-8-9-10-11-12-13-14-15-16-17/h13-17H,2-12H2,1H3/b14-13+,16-15+. The molecule has 0 fully saturated rings. The highest BCUT2D eigenvalue weighted by Crippen LogP contribution is 2.11. The van der Waals surface area contributed by atoms with Crippen LogP contribution < -0.4 is 0 Å². The highest BCUT2D eigenvalue weighted by atomic mass is 16.2. The van der Waals surface area contributed by atoms with Crippen LogP contribution in [0.25, 0.3) is 0 Å². The predicted molar refractivity (Wildman–Crippen MR) is 77.4 cm³/mol. The van der Waals surface area contributed by atoms with Crippen molar-refractivity contribution in [2.75, 3.05) is 0 Å². The molecule has 0 bridgehead atoms. The number of aliphatic hydroxyl groups excluding tert-OH is 1. The summed E-state index contributed by atoms with van der Waals surface area (Å²) < 4.78 is 0. The van der Waals surface area contributed by atoms with Crippen molar-refractivity contribution in [3.63, 3.8) is 0 Å². The summed E-state index contributed by atoms with van der Waals surface area (Å²) in [5.74, 6) is 0. The third-order valence-corrected chi connectivity index (χ3v) is 3.06. The maximum absolute atomic E-state index is 8.41. The summed E-state index contributed by atoms with van der Waals surface area (Å²) in [6, 6.07) is 0. The fraction of sp³-hybridized carbons (Fsp3) is 0.750. The second kappa shape index (κ2) is 15.3. The molecule has 0 aromatic carbocycles.